The second kappa shape index (κ2) is 3.75. The molecular formula is C10H8ClN5S. The first kappa shape index (κ1) is 10.6. The molecule has 17 heavy (non-hydrogen) atoms. The summed E-state index contributed by atoms with van der Waals surface area (Å²) in [5.74, 6) is 0.585. The number of rotatable bonds is 1. The van der Waals surface area contributed by atoms with Crippen LogP contribution in [0.15, 0.2) is 18.2 Å². The van der Waals surface area contributed by atoms with Crippen LogP contribution in [0.4, 0.5) is 11.6 Å². The molecule has 0 unspecified atom stereocenters. The Morgan fingerprint density at radius 3 is 2.94 bits per heavy atom. The van der Waals surface area contributed by atoms with E-state index in [0.29, 0.717) is 17.4 Å². The van der Waals surface area contributed by atoms with E-state index < -0.39 is 0 Å². The minimum absolute atomic E-state index is 0.585. The van der Waals surface area contributed by atoms with Gasteiger partial charge in [0, 0.05) is 13.5 Å². The summed E-state index contributed by atoms with van der Waals surface area (Å²) in [6, 6.07) is 5.77. The summed E-state index contributed by atoms with van der Waals surface area (Å²) in [4.78, 5) is 2.58. The lowest BCUT2D eigenvalue weighted by molar-refractivity contribution is 0.712. The first-order chi connectivity index (χ1) is 8.18. The Bertz CT molecular complexity index is 608. The van der Waals surface area contributed by atoms with Gasteiger partial charge in [0.15, 0.2) is 0 Å². The van der Waals surface area contributed by atoms with Gasteiger partial charge in [-0.3, -0.25) is 4.90 Å². The van der Waals surface area contributed by atoms with Crippen LogP contribution in [-0.4, -0.2) is 25.2 Å². The van der Waals surface area contributed by atoms with Gasteiger partial charge in [-0.05, 0) is 22.1 Å². The lowest BCUT2D eigenvalue weighted by atomic mass is 10.2. The van der Waals surface area contributed by atoms with Gasteiger partial charge in [0.1, 0.15) is 0 Å². The summed E-state index contributed by atoms with van der Waals surface area (Å²) in [5, 5.41) is 12.1. The fourth-order valence-electron chi connectivity index (χ4n) is 1.95. The number of para-hydroxylation sites is 1. The zero-order chi connectivity index (χ0) is 12.0. The molecule has 5 nitrogen and oxygen atoms in total. The lowest BCUT2D eigenvalue weighted by Crippen LogP contribution is -2.22. The Hall–Kier alpha value is -1.53. The minimum atomic E-state index is 0.585. The third-order valence-corrected chi connectivity index (χ3v) is 3.31. The summed E-state index contributed by atoms with van der Waals surface area (Å²) in [6.45, 7) is 0. The molecule has 0 bridgehead atoms. The molecule has 1 aliphatic heterocycles. The molecule has 0 spiro atoms. The summed E-state index contributed by atoms with van der Waals surface area (Å²) in [5.41, 5.74) is 1.99. The number of aromatic nitrogens is 4. The molecule has 7 heteroatoms. The number of nitrogens with zero attached hydrogens (tertiary/aromatic N) is 5. The van der Waals surface area contributed by atoms with Crippen LogP contribution >= 0.6 is 23.8 Å². The average molecular weight is 266 g/mol. The highest BCUT2D eigenvalue weighted by atomic mass is 35.5. The molecule has 3 rings (SSSR count). The fourth-order valence-corrected chi connectivity index (χ4v) is 2.55. The molecule has 0 saturated carbocycles. The summed E-state index contributed by atoms with van der Waals surface area (Å²) in [6.07, 6.45) is 0.693. The van der Waals surface area contributed by atoms with Crippen molar-refractivity contribution in [3.63, 3.8) is 0 Å². The summed E-state index contributed by atoms with van der Waals surface area (Å²) >= 11 is 11.6. The largest absolute Gasteiger partial charge is 0.270 e. The van der Waals surface area contributed by atoms with E-state index in [-0.39, 0.29) is 0 Å². The highest BCUT2D eigenvalue weighted by Crippen LogP contribution is 2.39. The third-order valence-electron chi connectivity index (χ3n) is 2.68. The summed E-state index contributed by atoms with van der Waals surface area (Å²) in [7, 11) is 1.77. The van der Waals surface area contributed by atoms with E-state index in [1.54, 1.807) is 11.7 Å². The number of fused-ring (bicyclic) bond motifs is 1. The molecule has 1 aliphatic rings. The minimum Gasteiger partial charge on any atom is -0.270 e. The van der Waals surface area contributed by atoms with Gasteiger partial charge in [-0.1, -0.05) is 41.1 Å². The first-order valence-electron chi connectivity index (χ1n) is 5.01. The maximum absolute atomic E-state index is 6.22. The van der Waals surface area contributed by atoms with E-state index in [1.165, 1.54) is 0 Å². The monoisotopic (exact) mass is 265 g/mol. The molecule has 2 aromatic rings. The molecule has 0 amide bonds. The van der Waals surface area contributed by atoms with Gasteiger partial charge in [-0.15, -0.1) is 0 Å². The number of anilines is 2. The Labute approximate surface area is 108 Å². The van der Waals surface area contributed by atoms with Crippen LogP contribution in [0, 0.1) is 0 Å². The topological polar surface area (TPSA) is 46.8 Å². The van der Waals surface area contributed by atoms with Crippen LogP contribution in [0.25, 0.3) is 0 Å². The average Bonchev–Trinajstić information content (AvgIpc) is 2.82. The highest BCUT2D eigenvalue weighted by Gasteiger charge is 2.30. The standard InChI is InChI=1S/C10H8ClN5S/c1-15-10(12-13-14-15)16-8(17)5-6-3-2-4-7(11)9(6)16/h2-4H,5H2,1H3. The van der Waals surface area contributed by atoms with E-state index in [4.69, 9.17) is 23.8 Å². The van der Waals surface area contributed by atoms with Crippen molar-refractivity contribution in [2.24, 2.45) is 7.05 Å². The second-order valence-corrected chi connectivity index (χ2v) is 4.63. The highest BCUT2D eigenvalue weighted by molar-refractivity contribution is 7.80. The van der Waals surface area contributed by atoms with Gasteiger partial charge in [-0.25, -0.2) is 4.68 Å². The number of thiocarbonyl (C=S) groups is 1. The number of aryl methyl sites for hydroxylation is 1. The molecule has 0 radical (unpaired) electrons. The van der Waals surface area contributed by atoms with Gasteiger partial charge in [0.2, 0.25) is 0 Å². The Morgan fingerprint density at radius 2 is 2.24 bits per heavy atom. The smallest absolute Gasteiger partial charge is 0.254 e. The van der Waals surface area contributed by atoms with Crippen LogP contribution in [0.5, 0.6) is 0 Å². The van der Waals surface area contributed by atoms with Crippen LogP contribution in [0.2, 0.25) is 5.02 Å². The molecule has 0 atom stereocenters. The van der Waals surface area contributed by atoms with E-state index in [2.05, 4.69) is 15.5 Å². The van der Waals surface area contributed by atoms with Gasteiger partial charge in [0.05, 0.1) is 15.7 Å². The van der Waals surface area contributed by atoms with Crippen molar-refractivity contribution < 1.29 is 0 Å². The number of halogens is 1. The molecule has 0 saturated heterocycles. The van der Waals surface area contributed by atoms with Crippen molar-refractivity contribution in [2.75, 3.05) is 4.90 Å². The third kappa shape index (κ3) is 1.52. The Kier molecular flexibility index (Phi) is 2.34. The maximum Gasteiger partial charge on any atom is 0.254 e. The zero-order valence-electron chi connectivity index (χ0n) is 8.96. The predicted octanol–water partition coefficient (Wildman–Crippen LogP) is 1.89. The number of hydrogen-bond donors (Lipinski definition) is 0. The van der Waals surface area contributed by atoms with Crippen LogP contribution in [0.3, 0.4) is 0 Å². The van der Waals surface area contributed by atoms with Gasteiger partial charge >= 0.3 is 0 Å². The fraction of sp³-hybridized carbons (Fsp3) is 0.200. The molecule has 1 aromatic carbocycles. The molecule has 0 N–H and O–H groups in total. The van der Waals surface area contributed by atoms with E-state index in [1.807, 2.05) is 23.1 Å². The van der Waals surface area contributed by atoms with Gasteiger partial charge in [-0.2, -0.15) is 0 Å². The molecule has 1 aromatic heterocycles. The number of hydrogen-bond acceptors (Lipinski definition) is 4. The molecule has 86 valence electrons. The van der Waals surface area contributed by atoms with Crippen molar-refractivity contribution in [1.29, 1.82) is 0 Å². The van der Waals surface area contributed by atoms with Gasteiger partial charge < -0.3 is 0 Å². The van der Waals surface area contributed by atoms with Crippen LogP contribution in [-0.2, 0) is 13.5 Å². The molecule has 0 aliphatic carbocycles. The lowest BCUT2D eigenvalue weighted by Gasteiger charge is -2.17. The van der Waals surface area contributed by atoms with E-state index >= 15 is 0 Å². The quantitative estimate of drug-likeness (QED) is 0.737. The van der Waals surface area contributed by atoms with Gasteiger partial charge in [0.25, 0.3) is 5.95 Å². The maximum atomic E-state index is 6.22. The van der Waals surface area contributed by atoms with Crippen molar-refractivity contribution in [1.82, 2.24) is 20.2 Å². The van der Waals surface area contributed by atoms with Crippen LogP contribution < -0.4 is 4.90 Å². The van der Waals surface area contributed by atoms with E-state index in [9.17, 15) is 0 Å². The second-order valence-electron chi connectivity index (χ2n) is 3.76. The van der Waals surface area contributed by atoms with Crippen molar-refractivity contribution in [3.05, 3.63) is 28.8 Å². The first-order valence-corrected chi connectivity index (χ1v) is 5.80. The number of benzene rings is 1. The van der Waals surface area contributed by atoms with Crippen LogP contribution in [0.1, 0.15) is 5.56 Å². The predicted molar refractivity (Wildman–Crippen MR) is 68.7 cm³/mol. The zero-order valence-corrected chi connectivity index (χ0v) is 10.5. The number of tetrazole rings is 1. The van der Waals surface area contributed by atoms with Crippen molar-refractivity contribution in [3.8, 4) is 0 Å². The Balaban J connectivity index is 2.21. The van der Waals surface area contributed by atoms with Crippen molar-refractivity contribution in [2.45, 2.75) is 6.42 Å². The SMILES string of the molecule is Cn1nnnc1N1C(=S)Cc2cccc(Cl)c21. The Morgan fingerprint density at radius 1 is 1.41 bits per heavy atom. The molecular weight excluding hydrogens is 258 g/mol. The van der Waals surface area contributed by atoms with E-state index in [0.717, 1.165) is 16.2 Å². The molecule has 2 heterocycles. The van der Waals surface area contributed by atoms with Crippen molar-refractivity contribution >= 4 is 40.4 Å². The molecule has 0 fully saturated rings. The summed E-state index contributed by atoms with van der Waals surface area (Å²) < 4.78 is 1.57. The normalized spacial score (nSPS) is 14.2.